The number of sulfonamides is 1. The molecule has 3 aromatic rings. The predicted molar refractivity (Wildman–Crippen MR) is 124 cm³/mol. The number of amides is 1. The van der Waals surface area contributed by atoms with E-state index in [0.29, 0.717) is 23.4 Å². The van der Waals surface area contributed by atoms with E-state index in [1.54, 1.807) is 0 Å². The van der Waals surface area contributed by atoms with Gasteiger partial charge in [0.25, 0.3) is 0 Å². The maximum Gasteiger partial charge on any atom is 0.322 e. The molecule has 4 rings (SSSR count). The van der Waals surface area contributed by atoms with Crippen molar-refractivity contribution < 1.29 is 26.0 Å². The van der Waals surface area contributed by atoms with Crippen LogP contribution in [0.25, 0.3) is 11.5 Å². The smallest absolute Gasteiger partial charge is 0.322 e. The van der Waals surface area contributed by atoms with Crippen molar-refractivity contribution >= 4 is 43.4 Å². The highest BCUT2D eigenvalue weighted by atomic mass is 35.5. The highest BCUT2D eigenvalue weighted by Gasteiger charge is 2.32. The van der Waals surface area contributed by atoms with Gasteiger partial charge in [0, 0.05) is 35.8 Å². The average molecular weight is 525 g/mol. The van der Waals surface area contributed by atoms with Gasteiger partial charge in [0.1, 0.15) is 0 Å². The van der Waals surface area contributed by atoms with E-state index >= 15 is 0 Å². The highest BCUT2D eigenvalue weighted by Crippen LogP contribution is 2.26. The van der Waals surface area contributed by atoms with E-state index in [-0.39, 0.29) is 40.7 Å². The van der Waals surface area contributed by atoms with Crippen molar-refractivity contribution in [1.29, 1.82) is 0 Å². The Balaban J connectivity index is 1.36. The van der Waals surface area contributed by atoms with Crippen LogP contribution in [0.15, 0.2) is 62.7 Å². The summed E-state index contributed by atoms with van der Waals surface area (Å²) in [6.45, 7) is 0.398. The Hall–Kier alpha value is -2.80. The predicted octanol–water partition coefficient (Wildman–Crippen LogP) is 2.83. The third-order valence-electron chi connectivity index (χ3n) is 5.46. The zero-order chi connectivity index (χ0) is 24.5. The lowest BCUT2D eigenvalue weighted by Crippen LogP contribution is -2.41. The Morgan fingerprint density at radius 1 is 0.971 bits per heavy atom. The standard InChI is InChI=1S/C21H21ClN4O6S2/c1-33(28,29)17-6-2-15(3-7-17)20-24-25-21(32-20)23-19(27)14-10-12-26(13-11-14)34(30,31)18-8-4-16(22)5-9-18/h2-9,14H,10-13H2,1H3,(H,23,25,27). The zero-order valence-electron chi connectivity index (χ0n) is 18.0. The van der Waals surface area contributed by atoms with Crippen LogP contribution in [0.4, 0.5) is 6.01 Å². The van der Waals surface area contributed by atoms with Crippen molar-refractivity contribution in [1.82, 2.24) is 14.5 Å². The van der Waals surface area contributed by atoms with E-state index in [4.69, 9.17) is 16.0 Å². The molecule has 2 heterocycles. The number of carbonyl (C=O) groups excluding carboxylic acids is 1. The summed E-state index contributed by atoms with van der Waals surface area (Å²) in [5.41, 5.74) is 0.501. The van der Waals surface area contributed by atoms with Crippen LogP contribution in [-0.2, 0) is 24.7 Å². The molecule has 1 aromatic heterocycles. The maximum atomic E-state index is 12.8. The average Bonchev–Trinajstić information content (AvgIpc) is 3.27. The largest absolute Gasteiger partial charge is 0.403 e. The number of nitrogens with zero attached hydrogens (tertiary/aromatic N) is 3. The quantitative estimate of drug-likeness (QED) is 0.519. The Morgan fingerprint density at radius 3 is 2.15 bits per heavy atom. The molecule has 10 nitrogen and oxygen atoms in total. The monoisotopic (exact) mass is 524 g/mol. The van der Waals surface area contributed by atoms with E-state index in [1.807, 2.05) is 0 Å². The number of benzene rings is 2. The van der Waals surface area contributed by atoms with Gasteiger partial charge < -0.3 is 4.42 Å². The summed E-state index contributed by atoms with van der Waals surface area (Å²) in [7, 11) is -6.99. The van der Waals surface area contributed by atoms with Crippen molar-refractivity contribution in [3.8, 4) is 11.5 Å². The fourth-order valence-corrected chi connectivity index (χ4v) is 5.78. The lowest BCUT2D eigenvalue weighted by atomic mass is 9.97. The second-order valence-electron chi connectivity index (χ2n) is 7.83. The topological polar surface area (TPSA) is 140 Å². The van der Waals surface area contributed by atoms with Crippen molar-refractivity contribution in [2.75, 3.05) is 24.7 Å². The molecule has 0 unspecified atom stereocenters. The van der Waals surface area contributed by atoms with E-state index in [1.165, 1.54) is 52.8 Å². The maximum absolute atomic E-state index is 12.8. The van der Waals surface area contributed by atoms with Gasteiger partial charge in [-0.25, -0.2) is 16.8 Å². The highest BCUT2D eigenvalue weighted by molar-refractivity contribution is 7.90. The van der Waals surface area contributed by atoms with Gasteiger partial charge in [0.15, 0.2) is 9.84 Å². The van der Waals surface area contributed by atoms with Gasteiger partial charge in [-0.1, -0.05) is 16.7 Å². The normalized spacial score (nSPS) is 15.8. The molecule has 1 fully saturated rings. The van der Waals surface area contributed by atoms with Gasteiger partial charge in [-0.2, -0.15) is 4.31 Å². The summed E-state index contributed by atoms with van der Waals surface area (Å²) in [5, 5.41) is 10.7. The zero-order valence-corrected chi connectivity index (χ0v) is 20.4. The van der Waals surface area contributed by atoms with Gasteiger partial charge in [-0.3, -0.25) is 10.1 Å². The molecule has 2 aromatic carbocycles. The molecular formula is C21H21ClN4O6S2. The van der Waals surface area contributed by atoms with Crippen LogP contribution in [0.5, 0.6) is 0 Å². The number of halogens is 1. The van der Waals surface area contributed by atoms with Crippen molar-refractivity contribution in [3.63, 3.8) is 0 Å². The van der Waals surface area contributed by atoms with Gasteiger partial charge in [-0.05, 0) is 61.4 Å². The molecule has 1 N–H and O–H groups in total. The third-order valence-corrected chi connectivity index (χ3v) is 8.75. The molecule has 0 bridgehead atoms. The fourth-order valence-electron chi connectivity index (χ4n) is 3.56. The summed E-state index contributed by atoms with van der Waals surface area (Å²) in [5.74, 6) is -0.633. The molecule has 0 spiro atoms. The molecule has 0 saturated carbocycles. The molecule has 0 radical (unpaired) electrons. The number of anilines is 1. The van der Waals surface area contributed by atoms with E-state index < -0.39 is 25.8 Å². The number of hydrogen-bond acceptors (Lipinski definition) is 8. The van der Waals surface area contributed by atoms with Crippen molar-refractivity contribution in [3.05, 3.63) is 53.6 Å². The summed E-state index contributed by atoms with van der Waals surface area (Å²) >= 11 is 5.83. The molecule has 1 amide bonds. The number of aromatic nitrogens is 2. The molecule has 0 atom stereocenters. The van der Waals surface area contributed by atoms with Crippen LogP contribution < -0.4 is 5.32 Å². The summed E-state index contributed by atoms with van der Waals surface area (Å²) in [4.78, 5) is 13.0. The van der Waals surface area contributed by atoms with Crippen molar-refractivity contribution in [2.24, 2.45) is 5.92 Å². The van der Waals surface area contributed by atoms with E-state index in [0.717, 1.165) is 6.26 Å². The number of piperidine rings is 1. The number of sulfone groups is 1. The SMILES string of the molecule is CS(=O)(=O)c1ccc(-c2nnc(NC(=O)C3CCN(S(=O)(=O)c4ccc(Cl)cc4)CC3)o2)cc1. The lowest BCUT2D eigenvalue weighted by molar-refractivity contribution is -0.121. The van der Waals surface area contributed by atoms with Crippen LogP contribution in [-0.4, -0.2) is 56.6 Å². The minimum Gasteiger partial charge on any atom is -0.403 e. The summed E-state index contributed by atoms with van der Waals surface area (Å²) in [6, 6.07) is 11.8. The second-order valence-corrected chi connectivity index (χ2v) is 12.2. The molecule has 0 aliphatic carbocycles. The first-order valence-corrected chi connectivity index (χ1v) is 14.0. The van der Waals surface area contributed by atoms with E-state index in [9.17, 15) is 21.6 Å². The summed E-state index contributed by atoms with van der Waals surface area (Å²) in [6.07, 6.45) is 1.79. The van der Waals surface area contributed by atoms with Gasteiger partial charge in [-0.15, -0.1) is 5.10 Å². The van der Waals surface area contributed by atoms with Crippen LogP contribution in [0.3, 0.4) is 0 Å². The Labute approximate surface area is 201 Å². The number of hydrogen-bond donors (Lipinski definition) is 1. The number of nitrogens with one attached hydrogen (secondary N) is 1. The molecular weight excluding hydrogens is 504 g/mol. The third kappa shape index (κ3) is 5.30. The lowest BCUT2D eigenvalue weighted by Gasteiger charge is -2.30. The van der Waals surface area contributed by atoms with Gasteiger partial charge in [0.2, 0.25) is 21.8 Å². The number of carbonyl (C=O) groups is 1. The summed E-state index contributed by atoms with van der Waals surface area (Å²) < 4.78 is 55.6. The van der Waals surface area contributed by atoms with Crippen LogP contribution in [0, 0.1) is 5.92 Å². The van der Waals surface area contributed by atoms with E-state index in [2.05, 4.69) is 15.5 Å². The first-order chi connectivity index (χ1) is 16.0. The molecule has 180 valence electrons. The Bertz CT molecular complexity index is 1400. The fraction of sp³-hybridized carbons (Fsp3) is 0.286. The van der Waals surface area contributed by atoms with Gasteiger partial charge in [0.05, 0.1) is 9.79 Å². The number of rotatable bonds is 6. The first kappa shape index (κ1) is 24.3. The van der Waals surface area contributed by atoms with Crippen LogP contribution in [0.2, 0.25) is 5.02 Å². The van der Waals surface area contributed by atoms with Crippen LogP contribution >= 0.6 is 11.6 Å². The van der Waals surface area contributed by atoms with Crippen molar-refractivity contribution in [2.45, 2.75) is 22.6 Å². The Kier molecular flexibility index (Phi) is 6.76. The molecule has 1 aliphatic rings. The second kappa shape index (κ2) is 9.45. The molecule has 1 aliphatic heterocycles. The minimum atomic E-state index is -3.66. The first-order valence-electron chi connectivity index (χ1n) is 10.2. The Morgan fingerprint density at radius 2 is 1.56 bits per heavy atom. The molecule has 34 heavy (non-hydrogen) atoms. The van der Waals surface area contributed by atoms with Crippen LogP contribution in [0.1, 0.15) is 12.8 Å². The van der Waals surface area contributed by atoms with Gasteiger partial charge >= 0.3 is 6.01 Å². The minimum absolute atomic E-state index is 0.0941. The molecule has 1 saturated heterocycles. The molecule has 13 heteroatoms.